The summed E-state index contributed by atoms with van der Waals surface area (Å²) in [7, 11) is 0. The topological polar surface area (TPSA) is 41.6 Å². The maximum atomic E-state index is 8.88. The van der Waals surface area contributed by atoms with Gasteiger partial charge >= 0.3 is 0 Å². The number of aryl methyl sites for hydroxylation is 1. The van der Waals surface area contributed by atoms with E-state index >= 15 is 0 Å². The van der Waals surface area contributed by atoms with Crippen molar-refractivity contribution in [2.24, 2.45) is 0 Å². The summed E-state index contributed by atoms with van der Waals surface area (Å²) in [5.41, 5.74) is 3.73. The summed E-state index contributed by atoms with van der Waals surface area (Å²) in [6, 6.07) is 9.45. The van der Waals surface area contributed by atoms with E-state index in [-0.39, 0.29) is 0 Å². The number of aromatic nitrogens is 2. The van der Waals surface area contributed by atoms with Crippen LogP contribution in [0, 0.1) is 11.3 Å². The molecule has 1 aromatic heterocycles. The molecule has 0 atom stereocenters. The molecule has 3 rings (SSSR count). The van der Waals surface area contributed by atoms with Crippen LogP contribution in [0.25, 0.3) is 5.69 Å². The quantitative estimate of drug-likeness (QED) is 0.773. The molecule has 0 saturated heterocycles. The van der Waals surface area contributed by atoms with Crippen molar-refractivity contribution < 1.29 is 0 Å². The molecule has 0 bridgehead atoms. The number of nitrogens with zero attached hydrogens (tertiary/aromatic N) is 3. The molecule has 2 aromatic rings. The van der Waals surface area contributed by atoms with E-state index in [2.05, 4.69) is 11.2 Å². The normalized spacial score (nSPS) is 13.4. The van der Waals surface area contributed by atoms with E-state index in [1.165, 1.54) is 0 Å². The minimum atomic E-state index is 0.620. The fraction of sp³-hybridized carbons (Fsp3) is 0.231. The van der Waals surface area contributed by atoms with Crippen molar-refractivity contribution >= 4 is 11.6 Å². The number of hydrogen-bond donors (Lipinski definition) is 0. The Bertz CT molecular complexity index is 622. The third-order valence-electron chi connectivity index (χ3n) is 3.06. The first kappa shape index (κ1) is 10.4. The molecule has 4 heteroatoms. The van der Waals surface area contributed by atoms with Crippen molar-refractivity contribution in [1.29, 1.82) is 5.26 Å². The molecule has 1 heterocycles. The lowest BCUT2D eigenvalue weighted by Crippen LogP contribution is -1.98. The minimum Gasteiger partial charge on any atom is -0.222 e. The summed E-state index contributed by atoms with van der Waals surface area (Å²) in [4.78, 5) is 0. The molecule has 1 aliphatic carbocycles. The fourth-order valence-corrected chi connectivity index (χ4v) is 2.57. The third kappa shape index (κ3) is 1.62. The highest BCUT2D eigenvalue weighted by molar-refractivity contribution is 6.30. The van der Waals surface area contributed by atoms with E-state index in [0.717, 1.165) is 36.2 Å². The van der Waals surface area contributed by atoms with Crippen molar-refractivity contribution in [3.63, 3.8) is 0 Å². The Balaban J connectivity index is 2.13. The highest BCUT2D eigenvalue weighted by Crippen LogP contribution is 2.30. The first-order valence-electron chi connectivity index (χ1n) is 5.56. The lowest BCUT2D eigenvalue weighted by Gasteiger charge is -2.04. The molecule has 17 heavy (non-hydrogen) atoms. The molecule has 0 N–H and O–H groups in total. The summed E-state index contributed by atoms with van der Waals surface area (Å²) >= 11 is 6.32. The van der Waals surface area contributed by atoms with Crippen LogP contribution in [-0.2, 0) is 12.8 Å². The Kier molecular flexibility index (Phi) is 2.38. The number of benzene rings is 1. The molecular weight excluding hydrogens is 234 g/mol. The van der Waals surface area contributed by atoms with Crippen LogP contribution < -0.4 is 0 Å². The highest BCUT2D eigenvalue weighted by Gasteiger charge is 2.21. The van der Waals surface area contributed by atoms with Gasteiger partial charge in [0.15, 0.2) is 0 Å². The smallest absolute Gasteiger partial charge is 0.136 e. The molecule has 3 nitrogen and oxygen atoms in total. The molecule has 1 aromatic carbocycles. The van der Waals surface area contributed by atoms with Crippen LogP contribution in [0.15, 0.2) is 24.3 Å². The zero-order valence-electron chi connectivity index (χ0n) is 9.15. The molecule has 0 unspecified atom stereocenters. The summed E-state index contributed by atoms with van der Waals surface area (Å²) < 4.78 is 1.73. The van der Waals surface area contributed by atoms with Gasteiger partial charge < -0.3 is 0 Å². The van der Waals surface area contributed by atoms with Gasteiger partial charge in [0.05, 0.1) is 23.0 Å². The van der Waals surface area contributed by atoms with Crippen molar-refractivity contribution in [3.05, 3.63) is 46.2 Å². The monoisotopic (exact) mass is 243 g/mol. The molecule has 84 valence electrons. The molecule has 0 radical (unpaired) electrons. The van der Waals surface area contributed by atoms with Gasteiger partial charge in [-0.2, -0.15) is 10.4 Å². The first-order valence-corrected chi connectivity index (χ1v) is 5.94. The van der Waals surface area contributed by atoms with Crippen molar-refractivity contribution in [1.82, 2.24) is 9.78 Å². The van der Waals surface area contributed by atoms with Gasteiger partial charge in [-0.05, 0) is 37.5 Å². The number of halogens is 1. The van der Waals surface area contributed by atoms with Gasteiger partial charge in [0.25, 0.3) is 0 Å². The second-order valence-corrected chi connectivity index (χ2v) is 4.50. The molecule has 1 aliphatic rings. The van der Waals surface area contributed by atoms with E-state index in [0.29, 0.717) is 10.7 Å². The second kappa shape index (κ2) is 3.90. The Morgan fingerprint density at radius 1 is 1.35 bits per heavy atom. The van der Waals surface area contributed by atoms with Crippen LogP contribution in [0.3, 0.4) is 0 Å². The average molecular weight is 244 g/mol. The van der Waals surface area contributed by atoms with Gasteiger partial charge in [-0.1, -0.05) is 17.7 Å². The predicted octanol–water partition coefficient (Wildman–Crippen LogP) is 2.89. The summed E-state index contributed by atoms with van der Waals surface area (Å²) in [5.74, 6) is 0. The number of rotatable bonds is 1. The summed E-state index contributed by atoms with van der Waals surface area (Å²) in [6.45, 7) is 0. The van der Waals surface area contributed by atoms with E-state index in [1.54, 1.807) is 16.8 Å². The SMILES string of the molecule is N#Cc1cccc(-n2nc3c(c2Cl)CCC3)c1. The largest absolute Gasteiger partial charge is 0.222 e. The van der Waals surface area contributed by atoms with E-state index < -0.39 is 0 Å². The maximum absolute atomic E-state index is 8.88. The lowest BCUT2D eigenvalue weighted by molar-refractivity contribution is 0.801. The number of hydrogen-bond acceptors (Lipinski definition) is 2. The van der Waals surface area contributed by atoms with Gasteiger partial charge in [-0.3, -0.25) is 0 Å². The standard InChI is InChI=1S/C13H10ClN3/c14-13-11-5-2-6-12(11)16-17(13)10-4-1-3-9(7-10)8-15/h1,3-4,7H,2,5-6H2. The third-order valence-corrected chi connectivity index (χ3v) is 3.45. The van der Waals surface area contributed by atoms with Crippen LogP contribution in [-0.4, -0.2) is 9.78 Å². The van der Waals surface area contributed by atoms with Crippen LogP contribution in [0.2, 0.25) is 5.15 Å². The van der Waals surface area contributed by atoms with Crippen LogP contribution in [0.4, 0.5) is 0 Å². The first-order chi connectivity index (χ1) is 8.29. The molecule has 0 saturated carbocycles. The Morgan fingerprint density at radius 2 is 2.24 bits per heavy atom. The lowest BCUT2D eigenvalue weighted by atomic mass is 10.2. The summed E-state index contributed by atoms with van der Waals surface area (Å²) in [6.07, 6.45) is 3.14. The number of fused-ring (bicyclic) bond motifs is 1. The molecule has 0 amide bonds. The zero-order valence-corrected chi connectivity index (χ0v) is 9.91. The molecular formula is C13H10ClN3. The van der Waals surface area contributed by atoms with Crippen LogP contribution in [0.5, 0.6) is 0 Å². The van der Waals surface area contributed by atoms with Gasteiger partial charge in [-0.15, -0.1) is 0 Å². The predicted molar refractivity (Wildman–Crippen MR) is 65.3 cm³/mol. The average Bonchev–Trinajstić information content (AvgIpc) is 2.93. The van der Waals surface area contributed by atoms with Crippen molar-refractivity contribution in [2.45, 2.75) is 19.3 Å². The van der Waals surface area contributed by atoms with Crippen molar-refractivity contribution in [2.75, 3.05) is 0 Å². The zero-order chi connectivity index (χ0) is 11.8. The molecule has 0 spiro atoms. The molecule has 0 aliphatic heterocycles. The van der Waals surface area contributed by atoms with Gasteiger partial charge in [0, 0.05) is 5.56 Å². The van der Waals surface area contributed by atoms with Gasteiger partial charge in [0.1, 0.15) is 5.15 Å². The van der Waals surface area contributed by atoms with Gasteiger partial charge in [-0.25, -0.2) is 4.68 Å². The Hall–Kier alpha value is -1.79. The van der Waals surface area contributed by atoms with E-state index in [9.17, 15) is 0 Å². The molecule has 0 fully saturated rings. The fourth-order valence-electron chi connectivity index (χ4n) is 2.23. The van der Waals surface area contributed by atoms with Gasteiger partial charge in [0.2, 0.25) is 0 Å². The van der Waals surface area contributed by atoms with E-state index in [1.807, 2.05) is 12.1 Å². The van der Waals surface area contributed by atoms with Crippen LogP contribution in [0.1, 0.15) is 23.2 Å². The maximum Gasteiger partial charge on any atom is 0.136 e. The Morgan fingerprint density at radius 3 is 3.00 bits per heavy atom. The number of nitriles is 1. The van der Waals surface area contributed by atoms with Crippen molar-refractivity contribution in [3.8, 4) is 11.8 Å². The Labute approximate surface area is 104 Å². The van der Waals surface area contributed by atoms with E-state index in [4.69, 9.17) is 16.9 Å². The highest BCUT2D eigenvalue weighted by atomic mass is 35.5. The second-order valence-electron chi connectivity index (χ2n) is 4.14. The van der Waals surface area contributed by atoms with Crippen LogP contribution >= 0.6 is 11.6 Å². The minimum absolute atomic E-state index is 0.620. The summed E-state index contributed by atoms with van der Waals surface area (Å²) in [5, 5.41) is 14.1.